The average molecular weight is 238 g/mol. The molecular formula is C11H11FN2OS. The second kappa shape index (κ2) is 4.17. The lowest BCUT2D eigenvalue weighted by Crippen LogP contribution is -2.14. The SMILES string of the molecule is CCn1c(=NC(C)=O)sc2cc(F)ccc21. The minimum atomic E-state index is -0.272. The summed E-state index contributed by atoms with van der Waals surface area (Å²) in [6.45, 7) is 4.08. The number of rotatable bonds is 1. The van der Waals surface area contributed by atoms with Gasteiger partial charge in [-0.15, -0.1) is 0 Å². The molecule has 1 aromatic heterocycles. The van der Waals surface area contributed by atoms with E-state index in [2.05, 4.69) is 4.99 Å². The fourth-order valence-electron chi connectivity index (χ4n) is 1.57. The minimum absolute atomic E-state index is 0.241. The van der Waals surface area contributed by atoms with Gasteiger partial charge in [-0.05, 0) is 25.1 Å². The van der Waals surface area contributed by atoms with Crippen molar-refractivity contribution in [1.82, 2.24) is 4.57 Å². The van der Waals surface area contributed by atoms with Crippen molar-refractivity contribution in [3.63, 3.8) is 0 Å². The van der Waals surface area contributed by atoms with Crippen molar-refractivity contribution in [3.8, 4) is 0 Å². The van der Waals surface area contributed by atoms with Crippen LogP contribution >= 0.6 is 11.3 Å². The number of nitrogens with zero attached hydrogens (tertiary/aromatic N) is 2. The van der Waals surface area contributed by atoms with Crippen molar-refractivity contribution >= 4 is 27.5 Å². The summed E-state index contributed by atoms with van der Waals surface area (Å²) in [5.74, 6) is -0.513. The molecular weight excluding hydrogens is 227 g/mol. The van der Waals surface area contributed by atoms with Crippen molar-refractivity contribution in [2.45, 2.75) is 20.4 Å². The number of aryl methyl sites for hydroxylation is 1. The van der Waals surface area contributed by atoms with Gasteiger partial charge in [0.05, 0.1) is 10.2 Å². The van der Waals surface area contributed by atoms with Gasteiger partial charge >= 0.3 is 0 Å². The summed E-state index contributed by atoms with van der Waals surface area (Å²) in [6.07, 6.45) is 0. The molecule has 5 heteroatoms. The van der Waals surface area contributed by atoms with Crippen LogP contribution in [0.4, 0.5) is 4.39 Å². The van der Waals surface area contributed by atoms with Crippen LogP contribution in [-0.2, 0) is 11.3 Å². The van der Waals surface area contributed by atoms with Gasteiger partial charge in [-0.25, -0.2) is 4.39 Å². The Kier molecular flexibility index (Phi) is 2.87. The fourth-order valence-corrected chi connectivity index (χ4v) is 2.74. The zero-order chi connectivity index (χ0) is 11.7. The molecule has 84 valence electrons. The van der Waals surface area contributed by atoms with Gasteiger partial charge in [0.2, 0.25) is 5.91 Å². The molecule has 2 rings (SSSR count). The molecule has 0 atom stereocenters. The summed E-state index contributed by atoms with van der Waals surface area (Å²) in [5.41, 5.74) is 0.911. The third-order valence-electron chi connectivity index (χ3n) is 2.21. The Balaban J connectivity index is 2.81. The maximum Gasteiger partial charge on any atom is 0.245 e. The molecule has 16 heavy (non-hydrogen) atoms. The first kappa shape index (κ1) is 11.0. The Hall–Kier alpha value is -1.49. The lowest BCUT2D eigenvalue weighted by Gasteiger charge is -1.98. The first-order chi connectivity index (χ1) is 7.61. The Labute approximate surface area is 95.9 Å². The normalized spacial score (nSPS) is 12.3. The first-order valence-electron chi connectivity index (χ1n) is 4.96. The number of hydrogen-bond donors (Lipinski definition) is 0. The van der Waals surface area contributed by atoms with E-state index >= 15 is 0 Å². The van der Waals surface area contributed by atoms with Crippen LogP contribution in [0.15, 0.2) is 23.2 Å². The number of carbonyl (C=O) groups is 1. The van der Waals surface area contributed by atoms with E-state index in [-0.39, 0.29) is 11.7 Å². The maximum absolute atomic E-state index is 13.0. The number of aromatic nitrogens is 1. The van der Waals surface area contributed by atoms with Gasteiger partial charge < -0.3 is 4.57 Å². The molecule has 0 spiro atoms. The van der Waals surface area contributed by atoms with Crippen LogP contribution in [-0.4, -0.2) is 10.5 Å². The summed E-state index contributed by atoms with van der Waals surface area (Å²) in [7, 11) is 0. The van der Waals surface area contributed by atoms with Crippen molar-refractivity contribution < 1.29 is 9.18 Å². The maximum atomic E-state index is 13.0. The summed E-state index contributed by atoms with van der Waals surface area (Å²) in [6, 6.07) is 4.59. The second-order valence-corrected chi connectivity index (χ2v) is 4.38. The smallest absolute Gasteiger partial charge is 0.245 e. The van der Waals surface area contributed by atoms with Crippen molar-refractivity contribution in [2.24, 2.45) is 4.99 Å². The number of benzene rings is 1. The largest absolute Gasteiger partial charge is 0.317 e. The van der Waals surface area contributed by atoms with E-state index < -0.39 is 0 Å². The Bertz CT molecular complexity index is 612. The summed E-state index contributed by atoms with van der Waals surface area (Å²) < 4.78 is 15.8. The molecule has 0 saturated heterocycles. The van der Waals surface area contributed by atoms with Gasteiger partial charge in [-0.2, -0.15) is 4.99 Å². The number of fused-ring (bicyclic) bond motifs is 1. The van der Waals surface area contributed by atoms with E-state index in [1.165, 1.54) is 30.4 Å². The molecule has 3 nitrogen and oxygen atoms in total. The highest BCUT2D eigenvalue weighted by atomic mass is 32.1. The second-order valence-electron chi connectivity index (χ2n) is 3.37. The molecule has 0 bridgehead atoms. The van der Waals surface area contributed by atoms with Crippen LogP contribution in [0.1, 0.15) is 13.8 Å². The molecule has 1 heterocycles. The van der Waals surface area contributed by atoms with Crippen molar-refractivity contribution in [1.29, 1.82) is 0 Å². The van der Waals surface area contributed by atoms with Crippen LogP contribution in [0.2, 0.25) is 0 Å². The van der Waals surface area contributed by atoms with Gasteiger partial charge in [-0.3, -0.25) is 4.79 Å². The van der Waals surface area contributed by atoms with Gasteiger partial charge in [0, 0.05) is 13.5 Å². The lowest BCUT2D eigenvalue weighted by molar-refractivity contribution is -0.116. The lowest BCUT2D eigenvalue weighted by atomic mass is 10.3. The number of amides is 1. The van der Waals surface area contributed by atoms with Crippen LogP contribution in [0.25, 0.3) is 10.2 Å². The van der Waals surface area contributed by atoms with Gasteiger partial charge in [0.1, 0.15) is 5.82 Å². The summed E-state index contributed by atoms with van der Waals surface area (Å²) in [5, 5.41) is 0. The molecule has 0 fully saturated rings. The summed E-state index contributed by atoms with van der Waals surface area (Å²) >= 11 is 1.33. The molecule has 0 aliphatic carbocycles. The minimum Gasteiger partial charge on any atom is -0.317 e. The topological polar surface area (TPSA) is 34.4 Å². The number of halogens is 1. The molecule has 0 N–H and O–H groups in total. The molecule has 0 radical (unpaired) electrons. The number of carbonyl (C=O) groups excluding carboxylic acids is 1. The first-order valence-corrected chi connectivity index (χ1v) is 5.77. The third-order valence-corrected chi connectivity index (χ3v) is 3.26. The van der Waals surface area contributed by atoms with E-state index in [4.69, 9.17) is 0 Å². The highest BCUT2D eigenvalue weighted by Gasteiger charge is 2.05. The Morgan fingerprint density at radius 2 is 2.31 bits per heavy atom. The van der Waals surface area contributed by atoms with E-state index in [1.807, 2.05) is 11.5 Å². The van der Waals surface area contributed by atoms with Crippen LogP contribution < -0.4 is 4.80 Å². The predicted molar refractivity (Wildman–Crippen MR) is 61.7 cm³/mol. The number of hydrogen-bond acceptors (Lipinski definition) is 2. The third kappa shape index (κ3) is 1.90. The van der Waals surface area contributed by atoms with E-state index in [1.54, 1.807) is 6.07 Å². The van der Waals surface area contributed by atoms with Gasteiger partial charge in [-0.1, -0.05) is 11.3 Å². The average Bonchev–Trinajstić information content (AvgIpc) is 2.52. The van der Waals surface area contributed by atoms with Crippen LogP contribution in [0.3, 0.4) is 0 Å². The molecule has 2 aromatic rings. The molecule has 1 amide bonds. The standard InChI is InChI=1S/C11H11FN2OS/c1-3-14-9-5-4-8(12)6-10(9)16-11(14)13-7(2)15/h4-6H,3H2,1-2H3. The molecule has 0 saturated carbocycles. The monoisotopic (exact) mass is 238 g/mol. The molecule has 0 aliphatic rings. The quantitative estimate of drug-likeness (QED) is 0.750. The van der Waals surface area contributed by atoms with Crippen LogP contribution in [0.5, 0.6) is 0 Å². The highest BCUT2D eigenvalue weighted by Crippen LogP contribution is 2.18. The Morgan fingerprint density at radius 1 is 1.56 bits per heavy atom. The zero-order valence-corrected chi connectivity index (χ0v) is 9.84. The van der Waals surface area contributed by atoms with Crippen molar-refractivity contribution in [3.05, 3.63) is 28.8 Å². The number of thiazole rings is 1. The van der Waals surface area contributed by atoms with Gasteiger partial charge in [0.25, 0.3) is 0 Å². The van der Waals surface area contributed by atoms with Crippen LogP contribution in [0, 0.1) is 5.82 Å². The molecule has 0 unspecified atom stereocenters. The zero-order valence-electron chi connectivity index (χ0n) is 9.03. The summed E-state index contributed by atoms with van der Waals surface area (Å²) in [4.78, 5) is 15.5. The van der Waals surface area contributed by atoms with E-state index in [0.29, 0.717) is 11.3 Å². The molecule has 0 aliphatic heterocycles. The predicted octanol–water partition coefficient (Wildman–Crippen LogP) is 2.31. The fraction of sp³-hybridized carbons (Fsp3) is 0.273. The van der Waals surface area contributed by atoms with E-state index in [0.717, 1.165) is 10.2 Å². The van der Waals surface area contributed by atoms with E-state index in [9.17, 15) is 9.18 Å². The molecule has 1 aromatic carbocycles. The van der Waals surface area contributed by atoms with Crippen molar-refractivity contribution in [2.75, 3.05) is 0 Å². The highest BCUT2D eigenvalue weighted by molar-refractivity contribution is 7.16. The van der Waals surface area contributed by atoms with Gasteiger partial charge in [0.15, 0.2) is 4.80 Å². The Morgan fingerprint density at radius 3 is 2.94 bits per heavy atom.